The Bertz CT molecular complexity index is 1460. The molecule has 5 rings (SSSR count). The second-order valence-electron chi connectivity index (χ2n) is 7.35. The summed E-state index contributed by atoms with van der Waals surface area (Å²) < 4.78 is 4.82. The predicted octanol–water partition coefficient (Wildman–Crippen LogP) is 5.41. The van der Waals surface area contributed by atoms with Crippen LogP contribution >= 0.6 is 0 Å². The van der Waals surface area contributed by atoms with Gasteiger partial charge in [-0.2, -0.15) is 0 Å². The number of H-pyrrole nitrogens is 1. The number of nitrogens with one attached hydrogen (secondary N) is 2. The topological polar surface area (TPSA) is 84.1 Å². The average Bonchev–Trinajstić information content (AvgIpc) is 3.22. The van der Waals surface area contributed by atoms with Crippen LogP contribution < -0.4 is 5.32 Å². The van der Waals surface area contributed by atoms with E-state index in [-0.39, 0.29) is 5.97 Å². The zero-order valence-electron chi connectivity index (χ0n) is 17.3. The van der Waals surface area contributed by atoms with Crippen molar-refractivity contribution in [1.29, 1.82) is 0 Å². The molecule has 0 aliphatic heterocycles. The Kier molecular flexibility index (Phi) is 4.88. The van der Waals surface area contributed by atoms with Gasteiger partial charge in [0, 0.05) is 39.3 Å². The minimum absolute atomic E-state index is 0.375. The fourth-order valence-corrected chi connectivity index (χ4v) is 4.04. The molecule has 0 bridgehead atoms. The number of anilines is 1. The van der Waals surface area contributed by atoms with Crippen molar-refractivity contribution in [3.8, 4) is 22.3 Å². The number of esters is 1. The van der Waals surface area contributed by atoms with Crippen LogP contribution in [-0.4, -0.2) is 29.5 Å². The molecule has 6 heteroatoms. The Balaban J connectivity index is 1.81. The van der Waals surface area contributed by atoms with Gasteiger partial charge in [-0.1, -0.05) is 42.5 Å². The molecule has 1 amide bonds. The van der Waals surface area contributed by atoms with Gasteiger partial charge in [0.1, 0.15) is 5.65 Å². The molecule has 0 aliphatic rings. The van der Waals surface area contributed by atoms with Crippen molar-refractivity contribution in [1.82, 2.24) is 9.97 Å². The van der Waals surface area contributed by atoms with Crippen LogP contribution in [0.25, 0.3) is 44.2 Å². The molecular formula is C26H19N3O3. The van der Waals surface area contributed by atoms with E-state index in [2.05, 4.69) is 22.4 Å². The second kappa shape index (κ2) is 8.00. The lowest BCUT2D eigenvalue weighted by Gasteiger charge is -2.12. The Labute approximate surface area is 183 Å². The van der Waals surface area contributed by atoms with Gasteiger partial charge in [0.15, 0.2) is 0 Å². The molecule has 0 saturated heterocycles. The van der Waals surface area contributed by atoms with E-state index < -0.39 is 0 Å². The standard InChI is InChI=1S/C26H19N3O3/c1-32-26(31)18-9-7-16(8-10-18)21-14-27-25-24(23(21)17-5-3-2-4-6-17)20-13-19(28-15-30)11-12-22(20)29-25/h2-15H,1H3,(H,27,29)(H,28,30). The summed E-state index contributed by atoms with van der Waals surface area (Å²) in [6, 6.07) is 23.1. The van der Waals surface area contributed by atoms with Gasteiger partial charge in [-0.15, -0.1) is 0 Å². The van der Waals surface area contributed by atoms with Crippen LogP contribution in [0.2, 0.25) is 0 Å². The normalized spacial score (nSPS) is 10.9. The number of ether oxygens (including phenoxy) is 1. The van der Waals surface area contributed by atoms with E-state index in [1.807, 2.05) is 54.7 Å². The summed E-state index contributed by atoms with van der Waals surface area (Å²) in [5, 5.41) is 4.66. The van der Waals surface area contributed by atoms with Gasteiger partial charge in [-0.25, -0.2) is 9.78 Å². The van der Waals surface area contributed by atoms with E-state index >= 15 is 0 Å². The fourth-order valence-electron chi connectivity index (χ4n) is 4.04. The molecule has 6 nitrogen and oxygen atoms in total. The first-order chi connectivity index (χ1) is 15.7. The Morgan fingerprint density at radius 3 is 2.50 bits per heavy atom. The van der Waals surface area contributed by atoms with Crippen molar-refractivity contribution in [2.45, 2.75) is 0 Å². The third-order valence-electron chi connectivity index (χ3n) is 5.53. The SMILES string of the molecule is COC(=O)c1ccc(-c2cnc3[nH]c4ccc(NC=O)cc4c3c2-c2ccccc2)cc1. The lowest BCUT2D eigenvalue weighted by molar-refractivity contribution is -0.105. The van der Waals surface area contributed by atoms with Crippen molar-refractivity contribution < 1.29 is 14.3 Å². The minimum atomic E-state index is -0.375. The maximum Gasteiger partial charge on any atom is 0.337 e. The number of nitrogens with zero attached hydrogens (tertiary/aromatic N) is 1. The van der Waals surface area contributed by atoms with Crippen LogP contribution in [0.1, 0.15) is 10.4 Å². The quantitative estimate of drug-likeness (QED) is 0.294. The zero-order chi connectivity index (χ0) is 22.1. The summed E-state index contributed by atoms with van der Waals surface area (Å²) in [6.07, 6.45) is 2.51. The summed E-state index contributed by atoms with van der Waals surface area (Å²) in [6.45, 7) is 0. The largest absolute Gasteiger partial charge is 0.465 e. The van der Waals surface area contributed by atoms with Crippen molar-refractivity contribution in [3.63, 3.8) is 0 Å². The monoisotopic (exact) mass is 421 g/mol. The maximum atomic E-state index is 11.9. The number of aromatic nitrogens is 2. The Morgan fingerprint density at radius 1 is 1.00 bits per heavy atom. The highest BCUT2D eigenvalue weighted by Crippen LogP contribution is 2.41. The molecule has 0 radical (unpaired) electrons. The maximum absolute atomic E-state index is 11.9. The molecule has 3 aromatic carbocycles. The minimum Gasteiger partial charge on any atom is -0.465 e. The smallest absolute Gasteiger partial charge is 0.337 e. The summed E-state index contributed by atoms with van der Waals surface area (Å²) in [5.41, 5.74) is 6.83. The first-order valence-electron chi connectivity index (χ1n) is 10.1. The molecule has 5 aromatic rings. The fraction of sp³-hybridized carbons (Fsp3) is 0.0385. The lowest BCUT2D eigenvalue weighted by Crippen LogP contribution is -2.00. The number of carbonyl (C=O) groups excluding carboxylic acids is 2. The summed E-state index contributed by atoms with van der Waals surface area (Å²) in [7, 11) is 1.37. The van der Waals surface area contributed by atoms with E-state index in [9.17, 15) is 9.59 Å². The first-order valence-corrected chi connectivity index (χ1v) is 10.1. The van der Waals surface area contributed by atoms with Gasteiger partial charge in [-0.3, -0.25) is 4.79 Å². The molecule has 32 heavy (non-hydrogen) atoms. The Hall–Kier alpha value is -4.45. The number of benzene rings is 3. The van der Waals surface area contributed by atoms with Crippen LogP contribution in [0.15, 0.2) is 79.0 Å². The first kappa shape index (κ1) is 19.5. The van der Waals surface area contributed by atoms with Crippen LogP contribution in [0, 0.1) is 0 Å². The number of hydrogen-bond donors (Lipinski definition) is 2. The molecule has 2 N–H and O–H groups in total. The lowest BCUT2D eigenvalue weighted by atomic mass is 9.92. The molecule has 0 atom stereocenters. The number of fused-ring (bicyclic) bond motifs is 3. The van der Waals surface area contributed by atoms with E-state index in [1.54, 1.807) is 12.1 Å². The number of aromatic amines is 1. The molecule has 0 saturated carbocycles. The number of amides is 1. The molecule has 156 valence electrons. The van der Waals surface area contributed by atoms with Gasteiger partial charge in [0.25, 0.3) is 0 Å². The number of pyridine rings is 1. The predicted molar refractivity (Wildman–Crippen MR) is 125 cm³/mol. The third-order valence-corrected chi connectivity index (χ3v) is 5.53. The van der Waals surface area contributed by atoms with Gasteiger partial charge in [-0.05, 0) is 41.5 Å². The summed E-state index contributed by atoms with van der Waals surface area (Å²) in [5.74, 6) is -0.375. The molecule has 2 heterocycles. The van der Waals surface area contributed by atoms with Gasteiger partial charge >= 0.3 is 5.97 Å². The molecule has 0 aliphatic carbocycles. The zero-order valence-corrected chi connectivity index (χ0v) is 17.3. The number of rotatable bonds is 5. The number of hydrogen-bond acceptors (Lipinski definition) is 4. The Morgan fingerprint density at radius 2 is 1.78 bits per heavy atom. The van der Waals surface area contributed by atoms with Crippen LogP contribution in [-0.2, 0) is 9.53 Å². The average molecular weight is 421 g/mol. The van der Waals surface area contributed by atoms with E-state index in [0.29, 0.717) is 17.7 Å². The van der Waals surface area contributed by atoms with Crippen molar-refractivity contribution in [2.24, 2.45) is 0 Å². The van der Waals surface area contributed by atoms with Crippen LogP contribution in [0.3, 0.4) is 0 Å². The highest BCUT2D eigenvalue weighted by atomic mass is 16.5. The van der Waals surface area contributed by atoms with Gasteiger partial charge in [0.2, 0.25) is 6.41 Å². The summed E-state index contributed by atoms with van der Waals surface area (Å²) in [4.78, 5) is 30.9. The van der Waals surface area contributed by atoms with E-state index in [4.69, 9.17) is 9.72 Å². The molecule has 0 fully saturated rings. The van der Waals surface area contributed by atoms with Crippen molar-refractivity contribution in [3.05, 3.63) is 84.6 Å². The summed E-state index contributed by atoms with van der Waals surface area (Å²) >= 11 is 0. The molecule has 0 unspecified atom stereocenters. The number of carbonyl (C=O) groups is 2. The van der Waals surface area contributed by atoms with Gasteiger partial charge in [0.05, 0.1) is 12.7 Å². The van der Waals surface area contributed by atoms with E-state index in [1.165, 1.54) is 7.11 Å². The third kappa shape index (κ3) is 3.28. The van der Waals surface area contributed by atoms with Crippen molar-refractivity contribution in [2.75, 3.05) is 12.4 Å². The second-order valence-corrected chi connectivity index (χ2v) is 7.35. The van der Waals surface area contributed by atoms with E-state index in [0.717, 1.165) is 44.2 Å². The van der Waals surface area contributed by atoms with Gasteiger partial charge < -0.3 is 15.0 Å². The molecule has 0 spiro atoms. The number of methoxy groups -OCH3 is 1. The highest BCUT2D eigenvalue weighted by Gasteiger charge is 2.18. The molecule has 2 aromatic heterocycles. The highest BCUT2D eigenvalue weighted by molar-refractivity contribution is 6.16. The van der Waals surface area contributed by atoms with Crippen molar-refractivity contribution >= 4 is 40.0 Å². The van der Waals surface area contributed by atoms with Crippen LogP contribution in [0.4, 0.5) is 5.69 Å². The van der Waals surface area contributed by atoms with Crippen LogP contribution in [0.5, 0.6) is 0 Å². The molecular weight excluding hydrogens is 402 g/mol.